The van der Waals surface area contributed by atoms with Crippen LogP contribution in [0.15, 0.2) is 58.8 Å². The van der Waals surface area contributed by atoms with Crippen molar-refractivity contribution in [1.29, 1.82) is 0 Å². The summed E-state index contributed by atoms with van der Waals surface area (Å²) in [5, 5.41) is 2.37. The molecule has 1 aliphatic carbocycles. The first-order chi connectivity index (χ1) is 20.2. The van der Waals surface area contributed by atoms with Crippen LogP contribution in [0.25, 0.3) is 0 Å². The van der Waals surface area contributed by atoms with Crippen LogP contribution in [-0.4, -0.2) is 81.5 Å². The van der Waals surface area contributed by atoms with Gasteiger partial charge in [0.05, 0.1) is 12.6 Å². The SMILES string of the molecule is CC(C)(C)OC(=O)N1CCC(COC(CF)C2=CC(Cl)=CC3=CN(COCC[Si](C)(C)C)NC32)(c2ccc(F)cc2)CC1. The molecule has 0 spiro atoms. The molecule has 11 heteroatoms. The normalized spacial score (nSPS) is 21.1. The van der Waals surface area contributed by atoms with Crippen LogP contribution in [0.2, 0.25) is 25.7 Å². The maximum absolute atomic E-state index is 14.7. The van der Waals surface area contributed by atoms with Crippen molar-refractivity contribution in [3.8, 4) is 0 Å². The van der Waals surface area contributed by atoms with E-state index in [1.807, 2.05) is 38.1 Å². The highest BCUT2D eigenvalue weighted by molar-refractivity contribution is 6.76. The summed E-state index contributed by atoms with van der Waals surface area (Å²) >= 11 is 6.49. The third-order valence-electron chi connectivity index (χ3n) is 8.00. The van der Waals surface area contributed by atoms with Crippen molar-refractivity contribution in [2.75, 3.05) is 39.7 Å². The average Bonchev–Trinajstić information content (AvgIpc) is 3.33. The van der Waals surface area contributed by atoms with E-state index in [0.29, 0.717) is 49.9 Å². The largest absolute Gasteiger partial charge is 0.444 e. The van der Waals surface area contributed by atoms with E-state index in [4.69, 9.17) is 25.8 Å². The van der Waals surface area contributed by atoms with Gasteiger partial charge in [0.25, 0.3) is 0 Å². The van der Waals surface area contributed by atoms with Gasteiger partial charge in [0, 0.05) is 44.4 Å². The molecule has 0 bridgehead atoms. The van der Waals surface area contributed by atoms with Gasteiger partial charge < -0.3 is 19.1 Å². The molecule has 1 saturated heterocycles. The van der Waals surface area contributed by atoms with Gasteiger partial charge in [0.1, 0.15) is 30.9 Å². The van der Waals surface area contributed by atoms with Gasteiger partial charge in [-0.15, -0.1) is 0 Å². The molecule has 4 rings (SSSR count). The Hall–Kier alpha value is -2.24. The minimum Gasteiger partial charge on any atom is -0.444 e. The van der Waals surface area contributed by atoms with E-state index in [0.717, 1.165) is 17.2 Å². The first kappa shape index (κ1) is 33.6. The van der Waals surface area contributed by atoms with E-state index in [2.05, 4.69) is 25.1 Å². The van der Waals surface area contributed by atoms with Crippen molar-refractivity contribution < 1.29 is 27.8 Å². The first-order valence-corrected chi connectivity index (χ1v) is 19.1. The third-order valence-corrected chi connectivity index (χ3v) is 9.93. The number of halogens is 3. The molecule has 7 nitrogen and oxygen atoms in total. The second kappa shape index (κ2) is 13.8. The summed E-state index contributed by atoms with van der Waals surface area (Å²) < 4.78 is 46.4. The number of benzene rings is 1. The van der Waals surface area contributed by atoms with E-state index < -0.39 is 31.9 Å². The number of alkyl halides is 1. The second-order valence-electron chi connectivity index (χ2n) is 13.9. The number of piperidine rings is 1. The molecule has 0 radical (unpaired) electrons. The minimum absolute atomic E-state index is 0.198. The molecule has 0 aromatic heterocycles. The van der Waals surface area contributed by atoms with Crippen LogP contribution in [0.3, 0.4) is 0 Å². The van der Waals surface area contributed by atoms with Crippen LogP contribution in [-0.2, 0) is 19.6 Å². The Morgan fingerprint density at radius 1 is 1.16 bits per heavy atom. The van der Waals surface area contributed by atoms with E-state index in [9.17, 15) is 13.6 Å². The molecule has 238 valence electrons. The Labute approximate surface area is 260 Å². The number of amides is 1. The lowest BCUT2D eigenvalue weighted by Crippen LogP contribution is -2.49. The van der Waals surface area contributed by atoms with Crippen molar-refractivity contribution in [1.82, 2.24) is 15.3 Å². The molecule has 43 heavy (non-hydrogen) atoms. The quantitative estimate of drug-likeness (QED) is 0.210. The number of ether oxygens (including phenoxy) is 3. The Morgan fingerprint density at radius 3 is 2.44 bits per heavy atom. The van der Waals surface area contributed by atoms with E-state index in [1.165, 1.54) is 12.1 Å². The zero-order valence-corrected chi connectivity index (χ0v) is 28.0. The number of nitrogens with one attached hydrogen (secondary N) is 1. The molecule has 2 heterocycles. The second-order valence-corrected chi connectivity index (χ2v) is 19.9. The summed E-state index contributed by atoms with van der Waals surface area (Å²) in [6.45, 7) is 13.8. The fourth-order valence-corrected chi connectivity index (χ4v) is 6.52. The van der Waals surface area contributed by atoms with Crippen LogP contribution in [0.5, 0.6) is 0 Å². The smallest absolute Gasteiger partial charge is 0.410 e. The topological polar surface area (TPSA) is 63.3 Å². The minimum atomic E-state index is -1.20. The molecule has 2 atom stereocenters. The number of nitrogens with zero attached hydrogens (tertiary/aromatic N) is 2. The standard InChI is InChI=1S/C32H46ClF2N3O4Si/c1-31(2,3)42-30(39)37-13-11-32(12-14-37,24-7-9-26(35)10-8-24)21-41-28(19-34)27-18-25(33)17-23-20-38(36-29(23)27)22-40-15-16-43(4,5)6/h7-10,17-18,20,28-29,36H,11-16,19,21-22H2,1-6H3. The average molecular weight is 638 g/mol. The molecule has 3 aliphatic rings. The highest BCUT2D eigenvalue weighted by Gasteiger charge is 2.41. The lowest BCUT2D eigenvalue weighted by molar-refractivity contribution is -0.0122. The predicted octanol–water partition coefficient (Wildman–Crippen LogP) is 6.90. The van der Waals surface area contributed by atoms with Gasteiger partial charge in [0.15, 0.2) is 0 Å². The molecule has 2 aliphatic heterocycles. The van der Waals surface area contributed by atoms with Crippen molar-refractivity contribution in [3.05, 3.63) is 70.2 Å². The zero-order valence-electron chi connectivity index (χ0n) is 26.2. The summed E-state index contributed by atoms with van der Waals surface area (Å²) in [5.74, 6) is -0.331. The number of allylic oxidation sites excluding steroid dienone is 2. The number of likely N-dealkylation sites (tertiary alicyclic amines) is 1. The maximum atomic E-state index is 14.7. The monoisotopic (exact) mass is 637 g/mol. The van der Waals surface area contributed by atoms with Crippen LogP contribution < -0.4 is 5.43 Å². The molecular formula is C32H46ClF2N3O4Si. The van der Waals surface area contributed by atoms with E-state index in [1.54, 1.807) is 23.1 Å². The number of hydrazine groups is 1. The van der Waals surface area contributed by atoms with Gasteiger partial charge in [0.2, 0.25) is 0 Å². The van der Waals surface area contributed by atoms with Crippen molar-refractivity contribution >= 4 is 25.8 Å². The Balaban J connectivity index is 1.45. The number of fused-ring (bicyclic) bond motifs is 1. The van der Waals surface area contributed by atoms with Crippen molar-refractivity contribution in [2.45, 2.75) is 82.5 Å². The number of rotatable bonds is 11. The van der Waals surface area contributed by atoms with Gasteiger partial charge in [-0.2, -0.15) is 0 Å². The van der Waals surface area contributed by atoms with Gasteiger partial charge in [-0.3, -0.25) is 5.01 Å². The highest BCUT2D eigenvalue weighted by atomic mass is 35.5. The lowest BCUT2D eigenvalue weighted by atomic mass is 9.73. The van der Waals surface area contributed by atoms with Crippen LogP contribution in [0.4, 0.5) is 13.6 Å². The van der Waals surface area contributed by atoms with Crippen LogP contribution >= 0.6 is 11.6 Å². The fourth-order valence-electron chi connectivity index (χ4n) is 5.51. The third kappa shape index (κ3) is 9.14. The van der Waals surface area contributed by atoms with Gasteiger partial charge in [-0.25, -0.2) is 19.0 Å². The Kier molecular flexibility index (Phi) is 10.8. The lowest BCUT2D eigenvalue weighted by Gasteiger charge is -2.43. The summed E-state index contributed by atoms with van der Waals surface area (Å²) in [5.41, 5.74) is 4.79. The van der Waals surface area contributed by atoms with Crippen molar-refractivity contribution in [3.63, 3.8) is 0 Å². The Morgan fingerprint density at radius 2 is 1.84 bits per heavy atom. The molecule has 1 amide bonds. The van der Waals surface area contributed by atoms with E-state index >= 15 is 0 Å². The highest BCUT2D eigenvalue weighted by Crippen LogP contribution is 2.38. The number of carbonyl (C=O) groups is 1. The zero-order chi connectivity index (χ0) is 31.4. The van der Waals surface area contributed by atoms with Crippen molar-refractivity contribution in [2.24, 2.45) is 0 Å². The van der Waals surface area contributed by atoms with Gasteiger partial charge >= 0.3 is 6.09 Å². The molecular weight excluding hydrogens is 592 g/mol. The van der Waals surface area contributed by atoms with Crippen LogP contribution in [0.1, 0.15) is 39.2 Å². The molecule has 2 unspecified atom stereocenters. The predicted molar refractivity (Wildman–Crippen MR) is 169 cm³/mol. The number of hydrogen-bond donors (Lipinski definition) is 1. The number of hydrogen-bond acceptors (Lipinski definition) is 6. The van der Waals surface area contributed by atoms with E-state index in [-0.39, 0.29) is 24.6 Å². The molecule has 1 aromatic carbocycles. The first-order valence-electron chi connectivity index (χ1n) is 15.0. The molecule has 0 saturated carbocycles. The summed E-state index contributed by atoms with van der Waals surface area (Å²) in [6, 6.07) is 7.15. The fraction of sp³-hybridized carbons (Fsp3) is 0.594. The number of carbonyl (C=O) groups excluding carboxylic acids is 1. The van der Waals surface area contributed by atoms with Crippen LogP contribution in [0, 0.1) is 5.82 Å². The summed E-state index contributed by atoms with van der Waals surface area (Å²) in [7, 11) is -1.20. The molecule has 1 N–H and O–H groups in total. The summed E-state index contributed by atoms with van der Waals surface area (Å²) in [6.07, 6.45) is 5.49. The molecule has 1 aromatic rings. The molecule has 1 fully saturated rings. The van der Waals surface area contributed by atoms with Gasteiger partial charge in [-0.1, -0.05) is 43.4 Å². The Bertz CT molecular complexity index is 1220. The summed E-state index contributed by atoms with van der Waals surface area (Å²) in [4.78, 5) is 14.4. The van der Waals surface area contributed by atoms with Gasteiger partial charge in [-0.05, 0) is 80.7 Å². The maximum Gasteiger partial charge on any atom is 0.410 e.